The van der Waals surface area contributed by atoms with Crippen LogP contribution in [-0.2, 0) is 6.54 Å². The fourth-order valence-electron chi connectivity index (χ4n) is 0.985. The fourth-order valence-corrected chi connectivity index (χ4v) is 0.985. The van der Waals surface area contributed by atoms with Crippen molar-refractivity contribution in [3.05, 3.63) is 29.1 Å². The van der Waals surface area contributed by atoms with Gasteiger partial charge in [-0.05, 0) is 11.6 Å². The molecule has 1 aromatic rings. The maximum Gasteiger partial charge on any atom is 0.281 e. The first-order valence-electron chi connectivity index (χ1n) is 3.56. The van der Waals surface area contributed by atoms with Crippen LogP contribution in [0.4, 0.5) is 8.78 Å². The first-order valence-corrected chi connectivity index (χ1v) is 3.56. The number of nitrogens with zero attached hydrogens (tertiary/aromatic N) is 2. The topological polar surface area (TPSA) is 62.7 Å². The summed E-state index contributed by atoms with van der Waals surface area (Å²) in [4.78, 5) is 3.43. The average molecular weight is 183 g/mol. The van der Waals surface area contributed by atoms with Crippen LogP contribution in [0.2, 0.25) is 0 Å². The van der Waals surface area contributed by atoms with Gasteiger partial charge in [-0.1, -0.05) is 0 Å². The van der Waals surface area contributed by atoms with Crippen molar-refractivity contribution in [2.24, 2.45) is 5.73 Å². The molecule has 0 unspecified atom stereocenters. The Kier molecular flexibility index (Phi) is 2.88. The summed E-state index contributed by atoms with van der Waals surface area (Å²) in [5, 5.41) is 8.60. The van der Waals surface area contributed by atoms with Gasteiger partial charge in [0.05, 0.1) is 5.56 Å². The van der Waals surface area contributed by atoms with E-state index in [4.69, 9.17) is 11.0 Å². The summed E-state index contributed by atoms with van der Waals surface area (Å²) >= 11 is 0. The summed E-state index contributed by atoms with van der Waals surface area (Å²) in [6.45, 7) is 0.0606. The van der Waals surface area contributed by atoms with Crippen LogP contribution < -0.4 is 5.73 Å². The summed E-state index contributed by atoms with van der Waals surface area (Å²) in [5.41, 5.74) is 5.06. The number of alkyl halides is 2. The van der Waals surface area contributed by atoms with E-state index >= 15 is 0 Å². The summed E-state index contributed by atoms with van der Waals surface area (Å²) < 4.78 is 24.6. The molecule has 5 heteroatoms. The number of nitrogens with two attached hydrogens (primary N) is 1. The number of nitriles is 1. The zero-order valence-electron chi connectivity index (χ0n) is 6.67. The molecule has 0 atom stereocenters. The van der Waals surface area contributed by atoms with E-state index in [2.05, 4.69) is 4.98 Å². The van der Waals surface area contributed by atoms with Crippen molar-refractivity contribution in [2.45, 2.75) is 13.0 Å². The second kappa shape index (κ2) is 3.92. The lowest BCUT2D eigenvalue weighted by molar-refractivity contribution is 0.145. The molecule has 0 aliphatic carbocycles. The monoisotopic (exact) mass is 183 g/mol. The Bertz CT molecular complexity index is 344. The van der Waals surface area contributed by atoms with Crippen molar-refractivity contribution in [2.75, 3.05) is 0 Å². The lowest BCUT2D eigenvalue weighted by Crippen LogP contribution is -2.04. The normalized spacial score (nSPS) is 10.1. The zero-order chi connectivity index (χ0) is 9.84. The highest BCUT2D eigenvalue weighted by atomic mass is 19.3. The molecule has 3 nitrogen and oxygen atoms in total. The van der Waals surface area contributed by atoms with Gasteiger partial charge in [0.25, 0.3) is 6.43 Å². The average Bonchev–Trinajstić information content (AvgIpc) is 2.16. The van der Waals surface area contributed by atoms with Gasteiger partial charge in [0.15, 0.2) is 0 Å². The molecule has 0 aromatic carbocycles. The Morgan fingerprint density at radius 3 is 2.77 bits per heavy atom. The first-order chi connectivity index (χ1) is 6.20. The standard InChI is InChI=1S/C8H7F2N3/c9-8(10)7-6(4-12)5(3-11)1-2-13-7/h1-2,8H,3,11H2. The number of rotatable bonds is 2. The third-order valence-corrected chi connectivity index (χ3v) is 1.61. The van der Waals surface area contributed by atoms with E-state index in [-0.39, 0.29) is 12.1 Å². The van der Waals surface area contributed by atoms with Crippen LogP contribution in [0.3, 0.4) is 0 Å². The molecule has 0 spiro atoms. The zero-order valence-corrected chi connectivity index (χ0v) is 6.67. The lowest BCUT2D eigenvalue weighted by atomic mass is 10.1. The smallest absolute Gasteiger partial charge is 0.281 e. The molecule has 1 rings (SSSR count). The highest BCUT2D eigenvalue weighted by Crippen LogP contribution is 2.21. The van der Waals surface area contributed by atoms with Crippen LogP contribution in [0.1, 0.15) is 23.2 Å². The Morgan fingerprint density at radius 2 is 2.31 bits per heavy atom. The summed E-state index contributed by atoms with van der Waals surface area (Å²) in [6, 6.07) is 3.14. The van der Waals surface area contributed by atoms with Crippen molar-refractivity contribution in [1.82, 2.24) is 4.98 Å². The van der Waals surface area contributed by atoms with Gasteiger partial charge in [-0.2, -0.15) is 5.26 Å². The molecule has 0 aliphatic rings. The fraction of sp³-hybridized carbons (Fsp3) is 0.250. The van der Waals surface area contributed by atoms with Crippen LogP contribution in [0.25, 0.3) is 0 Å². The van der Waals surface area contributed by atoms with Crippen LogP contribution in [0.15, 0.2) is 12.3 Å². The van der Waals surface area contributed by atoms with Gasteiger partial charge in [-0.25, -0.2) is 8.78 Å². The van der Waals surface area contributed by atoms with Crippen molar-refractivity contribution < 1.29 is 8.78 Å². The highest BCUT2D eigenvalue weighted by molar-refractivity contribution is 5.41. The third kappa shape index (κ3) is 1.79. The minimum Gasteiger partial charge on any atom is -0.326 e. The van der Waals surface area contributed by atoms with Crippen LogP contribution in [0, 0.1) is 11.3 Å². The summed E-state index contributed by atoms with van der Waals surface area (Å²) in [7, 11) is 0. The van der Waals surface area contributed by atoms with Gasteiger partial charge in [-0.15, -0.1) is 0 Å². The minimum atomic E-state index is -2.74. The first kappa shape index (κ1) is 9.55. The molecular formula is C8H7F2N3. The molecule has 0 fully saturated rings. The van der Waals surface area contributed by atoms with E-state index in [1.165, 1.54) is 12.3 Å². The maximum atomic E-state index is 12.3. The molecule has 0 radical (unpaired) electrons. The van der Waals surface area contributed by atoms with Crippen molar-refractivity contribution >= 4 is 0 Å². The Labute approximate surface area is 73.8 Å². The number of hydrogen-bond acceptors (Lipinski definition) is 3. The molecule has 0 aliphatic heterocycles. The summed E-state index contributed by atoms with van der Waals surface area (Å²) in [6.07, 6.45) is -1.51. The molecular weight excluding hydrogens is 176 g/mol. The van der Waals surface area contributed by atoms with Gasteiger partial charge in [0.1, 0.15) is 11.8 Å². The van der Waals surface area contributed by atoms with Gasteiger partial charge < -0.3 is 5.73 Å². The number of aromatic nitrogens is 1. The van der Waals surface area contributed by atoms with E-state index in [0.29, 0.717) is 5.56 Å². The predicted octanol–water partition coefficient (Wildman–Crippen LogP) is 1.35. The molecule has 13 heavy (non-hydrogen) atoms. The van der Waals surface area contributed by atoms with E-state index < -0.39 is 12.1 Å². The van der Waals surface area contributed by atoms with E-state index in [0.717, 1.165) is 0 Å². The maximum absolute atomic E-state index is 12.3. The Morgan fingerprint density at radius 1 is 1.62 bits per heavy atom. The van der Waals surface area contributed by atoms with Crippen LogP contribution in [0.5, 0.6) is 0 Å². The van der Waals surface area contributed by atoms with Gasteiger partial charge in [0, 0.05) is 12.7 Å². The molecule has 68 valence electrons. The largest absolute Gasteiger partial charge is 0.326 e. The van der Waals surface area contributed by atoms with Gasteiger partial charge in [-0.3, -0.25) is 4.98 Å². The van der Waals surface area contributed by atoms with Gasteiger partial charge >= 0.3 is 0 Å². The quantitative estimate of drug-likeness (QED) is 0.752. The molecule has 0 amide bonds. The van der Waals surface area contributed by atoms with E-state index in [1.54, 1.807) is 6.07 Å². The number of halogens is 2. The third-order valence-electron chi connectivity index (χ3n) is 1.61. The Hall–Kier alpha value is -1.54. The van der Waals surface area contributed by atoms with E-state index in [9.17, 15) is 8.78 Å². The SMILES string of the molecule is N#Cc1c(CN)ccnc1C(F)F. The molecule has 1 aromatic heterocycles. The lowest BCUT2D eigenvalue weighted by Gasteiger charge is -2.04. The van der Waals surface area contributed by atoms with Crippen molar-refractivity contribution in [1.29, 1.82) is 5.26 Å². The van der Waals surface area contributed by atoms with Crippen molar-refractivity contribution in [3.63, 3.8) is 0 Å². The molecule has 2 N–H and O–H groups in total. The number of hydrogen-bond donors (Lipinski definition) is 1. The van der Waals surface area contributed by atoms with Gasteiger partial charge in [0.2, 0.25) is 0 Å². The summed E-state index contributed by atoms with van der Waals surface area (Å²) in [5.74, 6) is 0. The Balaban J connectivity index is 3.29. The van der Waals surface area contributed by atoms with Crippen LogP contribution in [-0.4, -0.2) is 4.98 Å². The molecule has 0 bridgehead atoms. The molecule has 0 saturated carbocycles. The highest BCUT2D eigenvalue weighted by Gasteiger charge is 2.16. The molecule has 1 heterocycles. The molecule has 0 saturated heterocycles. The second-order valence-electron chi connectivity index (χ2n) is 2.35. The van der Waals surface area contributed by atoms with Crippen molar-refractivity contribution in [3.8, 4) is 6.07 Å². The minimum absolute atomic E-state index is 0.0606. The van der Waals surface area contributed by atoms with E-state index in [1.807, 2.05) is 0 Å². The second-order valence-corrected chi connectivity index (χ2v) is 2.35. The predicted molar refractivity (Wildman–Crippen MR) is 41.8 cm³/mol. The van der Waals surface area contributed by atoms with Crippen LogP contribution >= 0.6 is 0 Å². The number of pyridine rings is 1.